The zero-order valence-electron chi connectivity index (χ0n) is 8.15. The Hall–Kier alpha value is -0.530. The first-order chi connectivity index (χ1) is 5.17. The Morgan fingerprint density at radius 1 is 1.27 bits per heavy atom. The van der Waals surface area contributed by atoms with E-state index in [4.69, 9.17) is 5.41 Å². The standard InChI is InChI=1S/C9H20N2/c1-5-8(4)9(10)11(6-2)7-3/h8,10H,5-7H2,1-4H3. The van der Waals surface area contributed by atoms with Crippen molar-refractivity contribution in [1.82, 2.24) is 4.90 Å². The Balaban J connectivity index is 3.97. The van der Waals surface area contributed by atoms with Gasteiger partial charge in [-0.3, -0.25) is 5.41 Å². The molecule has 2 heteroatoms. The first-order valence-corrected chi connectivity index (χ1v) is 4.50. The van der Waals surface area contributed by atoms with Crippen LogP contribution >= 0.6 is 0 Å². The summed E-state index contributed by atoms with van der Waals surface area (Å²) in [5.41, 5.74) is 0. The monoisotopic (exact) mass is 156 g/mol. The Morgan fingerprint density at radius 3 is 2.00 bits per heavy atom. The zero-order valence-corrected chi connectivity index (χ0v) is 8.15. The lowest BCUT2D eigenvalue weighted by Gasteiger charge is -2.25. The van der Waals surface area contributed by atoms with Crippen molar-refractivity contribution in [3.63, 3.8) is 0 Å². The fraction of sp³-hybridized carbons (Fsp3) is 0.889. The molecule has 0 amide bonds. The number of hydrogen-bond donors (Lipinski definition) is 1. The predicted molar refractivity (Wildman–Crippen MR) is 50.1 cm³/mol. The van der Waals surface area contributed by atoms with Gasteiger partial charge in [0.1, 0.15) is 0 Å². The van der Waals surface area contributed by atoms with Crippen molar-refractivity contribution in [2.45, 2.75) is 34.1 Å². The Morgan fingerprint density at radius 2 is 1.73 bits per heavy atom. The molecule has 2 nitrogen and oxygen atoms in total. The molecule has 0 aromatic heterocycles. The van der Waals surface area contributed by atoms with E-state index in [0.717, 1.165) is 25.3 Å². The van der Waals surface area contributed by atoms with Crippen LogP contribution in [0, 0.1) is 11.3 Å². The molecule has 0 rings (SSSR count). The summed E-state index contributed by atoms with van der Waals surface area (Å²) < 4.78 is 0. The molecule has 0 aromatic rings. The largest absolute Gasteiger partial charge is 0.361 e. The molecule has 66 valence electrons. The second-order valence-corrected chi connectivity index (χ2v) is 2.87. The van der Waals surface area contributed by atoms with Gasteiger partial charge in [0.25, 0.3) is 0 Å². The summed E-state index contributed by atoms with van der Waals surface area (Å²) in [6.07, 6.45) is 1.06. The summed E-state index contributed by atoms with van der Waals surface area (Å²) in [4.78, 5) is 2.11. The van der Waals surface area contributed by atoms with Crippen LogP contribution in [0.3, 0.4) is 0 Å². The van der Waals surface area contributed by atoms with Crippen molar-refractivity contribution in [3.05, 3.63) is 0 Å². The summed E-state index contributed by atoms with van der Waals surface area (Å²) in [5.74, 6) is 1.20. The van der Waals surface area contributed by atoms with Crippen LogP contribution in [0.5, 0.6) is 0 Å². The van der Waals surface area contributed by atoms with Crippen LogP contribution < -0.4 is 0 Å². The molecule has 11 heavy (non-hydrogen) atoms. The third kappa shape index (κ3) is 2.91. The van der Waals surface area contributed by atoms with Crippen molar-refractivity contribution >= 4 is 5.84 Å². The van der Waals surface area contributed by atoms with Crippen LogP contribution in [0.25, 0.3) is 0 Å². The molecular weight excluding hydrogens is 136 g/mol. The van der Waals surface area contributed by atoms with Gasteiger partial charge in [-0.15, -0.1) is 0 Å². The van der Waals surface area contributed by atoms with Gasteiger partial charge in [0, 0.05) is 19.0 Å². The van der Waals surface area contributed by atoms with Crippen molar-refractivity contribution in [2.75, 3.05) is 13.1 Å². The molecule has 0 radical (unpaired) electrons. The van der Waals surface area contributed by atoms with E-state index < -0.39 is 0 Å². The van der Waals surface area contributed by atoms with E-state index in [9.17, 15) is 0 Å². The molecule has 0 saturated heterocycles. The van der Waals surface area contributed by atoms with Crippen LogP contribution in [-0.2, 0) is 0 Å². The van der Waals surface area contributed by atoms with Crippen LogP contribution in [-0.4, -0.2) is 23.8 Å². The fourth-order valence-corrected chi connectivity index (χ4v) is 1.07. The molecule has 0 heterocycles. The lowest BCUT2D eigenvalue weighted by atomic mass is 10.1. The van der Waals surface area contributed by atoms with Crippen LogP contribution in [0.1, 0.15) is 34.1 Å². The molecule has 1 atom stereocenters. The number of rotatable bonds is 4. The van der Waals surface area contributed by atoms with Gasteiger partial charge in [-0.05, 0) is 20.3 Å². The maximum Gasteiger partial charge on any atom is 0.0986 e. The van der Waals surface area contributed by atoms with Crippen LogP contribution in [0.2, 0.25) is 0 Å². The Kier molecular flexibility index (Phi) is 4.92. The highest BCUT2D eigenvalue weighted by molar-refractivity contribution is 5.81. The second-order valence-electron chi connectivity index (χ2n) is 2.87. The van der Waals surface area contributed by atoms with Gasteiger partial charge >= 0.3 is 0 Å². The van der Waals surface area contributed by atoms with Crippen LogP contribution in [0.15, 0.2) is 0 Å². The molecule has 1 N–H and O–H groups in total. The summed E-state index contributed by atoms with van der Waals surface area (Å²) in [5, 5.41) is 7.78. The normalized spacial score (nSPS) is 12.7. The van der Waals surface area contributed by atoms with E-state index >= 15 is 0 Å². The van der Waals surface area contributed by atoms with Crippen molar-refractivity contribution < 1.29 is 0 Å². The lowest BCUT2D eigenvalue weighted by molar-refractivity contribution is 0.430. The van der Waals surface area contributed by atoms with Gasteiger partial charge in [0.2, 0.25) is 0 Å². The molecule has 0 aromatic carbocycles. The first kappa shape index (κ1) is 10.5. The van der Waals surface area contributed by atoms with E-state index in [2.05, 4.69) is 32.6 Å². The summed E-state index contributed by atoms with van der Waals surface area (Å²) in [6, 6.07) is 0. The number of nitrogens with zero attached hydrogens (tertiary/aromatic N) is 1. The highest BCUT2D eigenvalue weighted by Gasteiger charge is 2.10. The average molecular weight is 156 g/mol. The quantitative estimate of drug-likeness (QED) is 0.491. The molecule has 0 aliphatic rings. The van der Waals surface area contributed by atoms with Crippen molar-refractivity contribution in [2.24, 2.45) is 5.92 Å². The van der Waals surface area contributed by atoms with Gasteiger partial charge in [0.05, 0.1) is 5.84 Å². The molecule has 0 spiro atoms. The minimum Gasteiger partial charge on any atom is -0.361 e. The van der Waals surface area contributed by atoms with Gasteiger partial charge in [-0.2, -0.15) is 0 Å². The average Bonchev–Trinajstić information content (AvgIpc) is 2.05. The van der Waals surface area contributed by atoms with Gasteiger partial charge in [0.15, 0.2) is 0 Å². The lowest BCUT2D eigenvalue weighted by Crippen LogP contribution is -2.33. The van der Waals surface area contributed by atoms with Gasteiger partial charge in [-0.1, -0.05) is 13.8 Å². The summed E-state index contributed by atoms with van der Waals surface area (Å²) in [6.45, 7) is 10.4. The first-order valence-electron chi connectivity index (χ1n) is 4.50. The minimum atomic E-state index is 0.412. The number of hydrogen-bond acceptors (Lipinski definition) is 1. The Labute approximate surface area is 70.1 Å². The van der Waals surface area contributed by atoms with Crippen molar-refractivity contribution in [3.8, 4) is 0 Å². The second kappa shape index (κ2) is 5.16. The molecule has 0 bridgehead atoms. The summed E-state index contributed by atoms with van der Waals surface area (Å²) >= 11 is 0. The highest BCUT2D eigenvalue weighted by atomic mass is 15.2. The SMILES string of the molecule is CCC(C)C(=N)N(CC)CC. The topological polar surface area (TPSA) is 27.1 Å². The van der Waals surface area contributed by atoms with Crippen molar-refractivity contribution in [1.29, 1.82) is 5.41 Å². The molecule has 0 aliphatic carbocycles. The molecular formula is C9H20N2. The molecule has 0 aliphatic heterocycles. The van der Waals surface area contributed by atoms with Crippen LogP contribution in [0.4, 0.5) is 0 Å². The summed E-state index contributed by atoms with van der Waals surface area (Å²) in [7, 11) is 0. The molecule has 0 fully saturated rings. The Bertz CT molecular complexity index is 117. The van der Waals surface area contributed by atoms with E-state index in [0.29, 0.717) is 5.92 Å². The van der Waals surface area contributed by atoms with Gasteiger partial charge in [-0.25, -0.2) is 0 Å². The van der Waals surface area contributed by atoms with E-state index in [1.807, 2.05) is 0 Å². The maximum absolute atomic E-state index is 7.78. The maximum atomic E-state index is 7.78. The third-order valence-electron chi connectivity index (χ3n) is 2.18. The number of nitrogens with one attached hydrogen (secondary N) is 1. The predicted octanol–water partition coefficient (Wildman–Crippen LogP) is 2.35. The van der Waals surface area contributed by atoms with E-state index in [-0.39, 0.29) is 0 Å². The van der Waals surface area contributed by atoms with Gasteiger partial charge < -0.3 is 4.90 Å². The smallest absolute Gasteiger partial charge is 0.0986 e. The molecule has 0 saturated carbocycles. The zero-order chi connectivity index (χ0) is 8.85. The fourth-order valence-electron chi connectivity index (χ4n) is 1.07. The third-order valence-corrected chi connectivity index (χ3v) is 2.18. The minimum absolute atomic E-state index is 0.412. The highest BCUT2D eigenvalue weighted by Crippen LogP contribution is 2.06. The van der Waals surface area contributed by atoms with E-state index in [1.54, 1.807) is 0 Å². The molecule has 1 unspecified atom stereocenters. The number of amidine groups is 1. The van der Waals surface area contributed by atoms with E-state index in [1.165, 1.54) is 0 Å².